The molecule has 0 aliphatic carbocycles. The molecular weight excluding hydrogens is 238 g/mol. The first kappa shape index (κ1) is 16.0. The fraction of sp³-hybridized carbons (Fsp3) is 0.625. The normalized spacial score (nSPS) is 12.4. The lowest BCUT2D eigenvalue weighted by atomic mass is 9.98. The van der Waals surface area contributed by atoms with E-state index in [1.165, 1.54) is 5.56 Å². The summed E-state index contributed by atoms with van der Waals surface area (Å²) in [6, 6.07) is 8.39. The molecule has 0 saturated heterocycles. The molecule has 0 spiro atoms. The van der Waals surface area contributed by atoms with Gasteiger partial charge in [0.05, 0.1) is 26.3 Å². The Morgan fingerprint density at radius 1 is 1.16 bits per heavy atom. The van der Waals surface area contributed by atoms with Crippen LogP contribution < -0.4 is 10.1 Å². The Bertz CT molecular complexity index is 341. The summed E-state index contributed by atoms with van der Waals surface area (Å²) >= 11 is 0. The van der Waals surface area contributed by atoms with Crippen LogP contribution in [-0.2, 0) is 4.74 Å². The van der Waals surface area contributed by atoms with Crippen molar-refractivity contribution in [1.82, 2.24) is 0 Å². The summed E-state index contributed by atoms with van der Waals surface area (Å²) in [5.41, 5.74) is 1.33. The second-order valence-corrected chi connectivity index (χ2v) is 4.91. The molecule has 108 valence electrons. The fourth-order valence-electron chi connectivity index (χ4n) is 1.99. The van der Waals surface area contributed by atoms with Crippen molar-refractivity contribution in [3.8, 4) is 5.75 Å². The Labute approximate surface area is 117 Å². The van der Waals surface area contributed by atoms with Gasteiger partial charge in [-0.3, -0.25) is 0 Å². The van der Waals surface area contributed by atoms with E-state index in [0.29, 0.717) is 5.92 Å². The zero-order valence-corrected chi connectivity index (χ0v) is 12.5. The molecule has 0 heterocycles. The first-order chi connectivity index (χ1) is 9.29. The SMILES string of the molecule is CC[C@H](C)c1ccccc1OCCC[NH2+]CCOC. The number of rotatable bonds is 10. The lowest BCUT2D eigenvalue weighted by Crippen LogP contribution is -2.85. The molecule has 0 fully saturated rings. The number of benzene rings is 1. The predicted octanol–water partition coefficient (Wildman–Crippen LogP) is 2.18. The third-order valence-electron chi connectivity index (χ3n) is 3.40. The van der Waals surface area contributed by atoms with Crippen LogP contribution in [0.1, 0.15) is 38.2 Å². The van der Waals surface area contributed by atoms with E-state index < -0.39 is 0 Å². The van der Waals surface area contributed by atoms with Crippen LogP contribution in [-0.4, -0.2) is 33.4 Å². The van der Waals surface area contributed by atoms with E-state index in [1.54, 1.807) is 7.11 Å². The highest BCUT2D eigenvalue weighted by Gasteiger charge is 2.09. The van der Waals surface area contributed by atoms with Crippen LogP contribution in [0.2, 0.25) is 0 Å². The van der Waals surface area contributed by atoms with Crippen LogP contribution in [0.25, 0.3) is 0 Å². The van der Waals surface area contributed by atoms with Gasteiger partial charge in [0, 0.05) is 13.5 Å². The first-order valence-electron chi connectivity index (χ1n) is 7.31. The number of methoxy groups -OCH3 is 1. The highest BCUT2D eigenvalue weighted by molar-refractivity contribution is 5.35. The van der Waals surface area contributed by atoms with E-state index >= 15 is 0 Å². The van der Waals surface area contributed by atoms with E-state index in [4.69, 9.17) is 9.47 Å². The minimum absolute atomic E-state index is 0.560. The molecular formula is C16H28NO2+. The van der Waals surface area contributed by atoms with Crippen LogP contribution in [0.15, 0.2) is 24.3 Å². The van der Waals surface area contributed by atoms with E-state index in [9.17, 15) is 0 Å². The minimum Gasteiger partial charge on any atom is -0.493 e. The van der Waals surface area contributed by atoms with Crippen molar-refractivity contribution >= 4 is 0 Å². The molecule has 1 atom stereocenters. The van der Waals surface area contributed by atoms with Gasteiger partial charge in [-0.1, -0.05) is 32.0 Å². The van der Waals surface area contributed by atoms with Crippen LogP contribution in [0.5, 0.6) is 5.75 Å². The Balaban J connectivity index is 2.29. The average molecular weight is 266 g/mol. The molecule has 0 bridgehead atoms. The summed E-state index contributed by atoms with van der Waals surface area (Å²) in [5, 5.41) is 2.27. The monoisotopic (exact) mass is 266 g/mol. The predicted molar refractivity (Wildman–Crippen MR) is 78.8 cm³/mol. The number of ether oxygens (including phenoxy) is 2. The van der Waals surface area contributed by atoms with Crippen molar-refractivity contribution in [2.45, 2.75) is 32.6 Å². The lowest BCUT2D eigenvalue weighted by molar-refractivity contribution is -0.656. The molecule has 0 aliphatic rings. The fourth-order valence-corrected chi connectivity index (χ4v) is 1.99. The van der Waals surface area contributed by atoms with Gasteiger partial charge in [0.2, 0.25) is 0 Å². The van der Waals surface area contributed by atoms with Gasteiger partial charge in [0.25, 0.3) is 0 Å². The van der Waals surface area contributed by atoms with E-state index in [2.05, 4.69) is 37.4 Å². The van der Waals surface area contributed by atoms with Crippen molar-refractivity contribution in [2.75, 3.05) is 33.4 Å². The maximum absolute atomic E-state index is 5.92. The van der Waals surface area contributed by atoms with Crippen LogP contribution in [0.4, 0.5) is 0 Å². The van der Waals surface area contributed by atoms with Gasteiger partial charge in [0.1, 0.15) is 5.75 Å². The summed E-state index contributed by atoms with van der Waals surface area (Å²) < 4.78 is 10.9. The van der Waals surface area contributed by atoms with E-state index in [-0.39, 0.29) is 0 Å². The summed E-state index contributed by atoms with van der Waals surface area (Å²) in [6.07, 6.45) is 2.21. The summed E-state index contributed by atoms with van der Waals surface area (Å²) in [6.45, 7) is 8.19. The van der Waals surface area contributed by atoms with Gasteiger partial charge in [-0.25, -0.2) is 0 Å². The number of hydrogen-bond acceptors (Lipinski definition) is 2. The molecule has 0 unspecified atom stereocenters. The van der Waals surface area contributed by atoms with Gasteiger partial charge in [-0.05, 0) is 24.0 Å². The Morgan fingerprint density at radius 3 is 2.68 bits per heavy atom. The highest BCUT2D eigenvalue weighted by atomic mass is 16.5. The maximum atomic E-state index is 5.92. The van der Waals surface area contributed by atoms with E-state index in [0.717, 1.165) is 44.9 Å². The molecule has 0 radical (unpaired) electrons. The molecule has 1 aromatic carbocycles. The van der Waals surface area contributed by atoms with Crippen molar-refractivity contribution < 1.29 is 14.8 Å². The second kappa shape index (κ2) is 9.82. The number of nitrogens with two attached hydrogens (primary N) is 1. The Hall–Kier alpha value is -1.06. The molecule has 19 heavy (non-hydrogen) atoms. The minimum atomic E-state index is 0.560. The number of quaternary nitrogens is 1. The Kier molecular flexibility index (Phi) is 8.26. The zero-order chi connectivity index (χ0) is 13.9. The topological polar surface area (TPSA) is 35.1 Å². The summed E-state index contributed by atoms with van der Waals surface area (Å²) in [7, 11) is 1.74. The first-order valence-corrected chi connectivity index (χ1v) is 7.31. The van der Waals surface area contributed by atoms with Crippen molar-refractivity contribution in [3.63, 3.8) is 0 Å². The van der Waals surface area contributed by atoms with Crippen LogP contribution in [0.3, 0.4) is 0 Å². The maximum Gasteiger partial charge on any atom is 0.122 e. The highest BCUT2D eigenvalue weighted by Crippen LogP contribution is 2.28. The molecule has 0 saturated carbocycles. The van der Waals surface area contributed by atoms with Gasteiger partial charge >= 0.3 is 0 Å². The number of hydrogen-bond donors (Lipinski definition) is 1. The van der Waals surface area contributed by atoms with Crippen molar-refractivity contribution in [2.24, 2.45) is 0 Å². The van der Waals surface area contributed by atoms with Crippen LogP contribution in [0, 0.1) is 0 Å². The standard InChI is InChI=1S/C16H27NO2/c1-4-14(2)15-8-5-6-9-16(15)19-12-7-10-17-11-13-18-3/h5-6,8-9,14,17H,4,7,10-13H2,1-3H3/p+1/t14-/m0/s1. The summed E-state index contributed by atoms with van der Waals surface area (Å²) in [5.74, 6) is 1.61. The van der Waals surface area contributed by atoms with Crippen molar-refractivity contribution in [1.29, 1.82) is 0 Å². The number of para-hydroxylation sites is 1. The molecule has 1 rings (SSSR count). The molecule has 0 aromatic heterocycles. The van der Waals surface area contributed by atoms with Crippen LogP contribution >= 0.6 is 0 Å². The molecule has 2 N–H and O–H groups in total. The van der Waals surface area contributed by atoms with Gasteiger partial charge < -0.3 is 14.8 Å². The zero-order valence-electron chi connectivity index (χ0n) is 12.5. The van der Waals surface area contributed by atoms with Gasteiger partial charge in [-0.15, -0.1) is 0 Å². The van der Waals surface area contributed by atoms with Gasteiger partial charge in [-0.2, -0.15) is 0 Å². The smallest absolute Gasteiger partial charge is 0.122 e. The third-order valence-corrected chi connectivity index (χ3v) is 3.40. The second-order valence-electron chi connectivity index (χ2n) is 4.91. The van der Waals surface area contributed by atoms with E-state index in [1.807, 2.05) is 6.07 Å². The molecule has 3 nitrogen and oxygen atoms in total. The Morgan fingerprint density at radius 2 is 1.95 bits per heavy atom. The third kappa shape index (κ3) is 6.08. The lowest BCUT2D eigenvalue weighted by Gasteiger charge is -2.15. The average Bonchev–Trinajstić information content (AvgIpc) is 2.46. The van der Waals surface area contributed by atoms with Gasteiger partial charge in [0.15, 0.2) is 0 Å². The van der Waals surface area contributed by atoms with Crippen molar-refractivity contribution in [3.05, 3.63) is 29.8 Å². The largest absolute Gasteiger partial charge is 0.493 e. The summed E-state index contributed by atoms with van der Waals surface area (Å²) in [4.78, 5) is 0. The molecule has 0 aliphatic heterocycles. The quantitative estimate of drug-likeness (QED) is 0.659. The molecule has 3 heteroatoms. The molecule has 0 amide bonds. The molecule has 1 aromatic rings.